The highest BCUT2D eigenvalue weighted by atomic mass is 35.5. The number of nitrogens with one attached hydrogen (secondary N) is 2. The molecule has 1 atom stereocenters. The molecule has 2 aromatic heterocycles. The standard InChI is InChI=1S/C27H28Cl2N6O2/c1-16(25-20(28)14-32-15-21(25)29)37-18-3-4-22(30)19(12-18)26(31)17-2-5-23(33-13-17)35-10-8-27(9-11-35)7-6-24(36)34-27/h2-5,12-16,31H,6-11,30H2,1H3,(H,34,36)/t16-/m1/s1. The fourth-order valence-corrected chi connectivity index (χ4v) is 5.76. The molecule has 1 spiro atoms. The SMILES string of the molecule is C[C@@H](Oc1ccc(N)c(C(=N)c2ccc(N3CCC4(CCC(=O)N4)CC3)nc2)c1)c1c(Cl)cncc1Cl. The number of nitrogens with zero attached hydrogens (tertiary/aromatic N) is 3. The Morgan fingerprint density at radius 3 is 2.49 bits per heavy atom. The second kappa shape index (κ2) is 10.2. The molecule has 37 heavy (non-hydrogen) atoms. The van der Waals surface area contributed by atoms with Gasteiger partial charge >= 0.3 is 0 Å². The minimum absolute atomic E-state index is 0.0498. The molecule has 0 aliphatic carbocycles. The number of piperidine rings is 1. The van der Waals surface area contributed by atoms with Crippen molar-refractivity contribution in [2.45, 2.75) is 44.2 Å². The van der Waals surface area contributed by atoms with E-state index in [1.165, 1.54) is 12.4 Å². The zero-order valence-corrected chi connectivity index (χ0v) is 21.9. The van der Waals surface area contributed by atoms with Crippen LogP contribution < -0.4 is 20.7 Å². The first kappa shape index (κ1) is 25.3. The van der Waals surface area contributed by atoms with Crippen molar-refractivity contribution in [2.75, 3.05) is 23.7 Å². The first-order valence-electron chi connectivity index (χ1n) is 12.2. The van der Waals surface area contributed by atoms with Crippen molar-refractivity contribution in [3.8, 4) is 5.75 Å². The lowest BCUT2D eigenvalue weighted by Gasteiger charge is -2.39. The molecule has 0 unspecified atom stereocenters. The summed E-state index contributed by atoms with van der Waals surface area (Å²) >= 11 is 12.6. The number of aromatic nitrogens is 2. The molecule has 0 radical (unpaired) electrons. The maximum Gasteiger partial charge on any atom is 0.220 e. The van der Waals surface area contributed by atoms with Gasteiger partial charge in [-0.1, -0.05) is 23.2 Å². The number of nitrogen functional groups attached to an aromatic ring is 1. The largest absolute Gasteiger partial charge is 0.486 e. The lowest BCUT2D eigenvalue weighted by atomic mass is 9.86. The van der Waals surface area contributed by atoms with Crippen LogP contribution in [0.1, 0.15) is 55.4 Å². The summed E-state index contributed by atoms with van der Waals surface area (Å²) in [6.45, 7) is 3.51. The fourth-order valence-electron chi connectivity index (χ4n) is 5.09. The van der Waals surface area contributed by atoms with Gasteiger partial charge in [0.2, 0.25) is 5.91 Å². The Kier molecular flexibility index (Phi) is 6.96. The highest BCUT2D eigenvalue weighted by Gasteiger charge is 2.40. The number of nitrogens with two attached hydrogens (primary N) is 1. The third-order valence-corrected chi connectivity index (χ3v) is 7.82. The van der Waals surface area contributed by atoms with Gasteiger partial charge in [0.15, 0.2) is 0 Å². The molecule has 0 bridgehead atoms. The Morgan fingerprint density at radius 1 is 1.14 bits per heavy atom. The van der Waals surface area contributed by atoms with Crippen LogP contribution in [-0.2, 0) is 4.79 Å². The average molecular weight is 539 g/mol. The Labute approximate surface area is 225 Å². The molecule has 0 saturated carbocycles. The summed E-state index contributed by atoms with van der Waals surface area (Å²) in [5.74, 6) is 1.56. The van der Waals surface area contributed by atoms with E-state index in [2.05, 4.69) is 20.2 Å². The molecule has 1 amide bonds. The number of halogens is 2. The van der Waals surface area contributed by atoms with Crippen LogP contribution in [-0.4, -0.2) is 40.2 Å². The van der Waals surface area contributed by atoms with E-state index in [0.29, 0.717) is 44.6 Å². The Balaban J connectivity index is 1.28. The molecule has 8 nitrogen and oxygen atoms in total. The number of rotatable bonds is 6. The molecule has 5 rings (SSSR count). The van der Waals surface area contributed by atoms with E-state index in [0.717, 1.165) is 38.2 Å². The minimum atomic E-state index is -0.434. The summed E-state index contributed by atoms with van der Waals surface area (Å²) in [5, 5.41) is 12.8. The zero-order valence-electron chi connectivity index (χ0n) is 20.4. The third-order valence-electron chi connectivity index (χ3n) is 7.22. The molecule has 2 aliphatic heterocycles. The second-order valence-corrected chi connectivity index (χ2v) is 10.4. The van der Waals surface area contributed by atoms with E-state index in [4.69, 9.17) is 39.1 Å². The number of amides is 1. The molecule has 2 fully saturated rings. The molecule has 1 aromatic carbocycles. The molecule has 4 heterocycles. The number of hydrogen-bond acceptors (Lipinski definition) is 7. The predicted molar refractivity (Wildman–Crippen MR) is 146 cm³/mol. The van der Waals surface area contributed by atoms with Gasteiger partial charge in [0.25, 0.3) is 0 Å². The molecule has 4 N–H and O–H groups in total. The Morgan fingerprint density at radius 2 is 1.86 bits per heavy atom. The van der Waals surface area contributed by atoms with E-state index in [1.54, 1.807) is 24.4 Å². The Hall–Kier alpha value is -3.36. The van der Waals surface area contributed by atoms with Crippen molar-refractivity contribution >= 4 is 46.3 Å². The second-order valence-electron chi connectivity index (χ2n) is 9.62. The average Bonchev–Trinajstić information content (AvgIpc) is 3.25. The summed E-state index contributed by atoms with van der Waals surface area (Å²) in [5.41, 5.74) is 8.73. The maximum atomic E-state index is 11.7. The van der Waals surface area contributed by atoms with Gasteiger partial charge in [-0.3, -0.25) is 15.2 Å². The zero-order chi connectivity index (χ0) is 26.2. The monoisotopic (exact) mass is 538 g/mol. The Bertz CT molecular complexity index is 1320. The molecule has 3 aromatic rings. The molecule has 10 heteroatoms. The van der Waals surface area contributed by atoms with Crippen molar-refractivity contribution in [1.82, 2.24) is 15.3 Å². The number of pyridine rings is 2. The quantitative estimate of drug-likeness (QED) is 0.294. The molecule has 192 valence electrons. The van der Waals surface area contributed by atoms with E-state index < -0.39 is 6.10 Å². The minimum Gasteiger partial charge on any atom is -0.486 e. The number of benzene rings is 1. The van der Waals surface area contributed by atoms with E-state index in [1.807, 2.05) is 19.1 Å². The van der Waals surface area contributed by atoms with E-state index >= 15 is 0 Å². The van der Waals surface area contributed by atoms with Crippen LogP contribution >= 0.6 is 23.2 Å². The highest BCUT2D eigenvalue weighted by molar-refractivity contribution is 6.35. The van der Waals surface area contributed by atoms with Gasteiger partial charge < -0.3 is 20.7 Å². The van der Waals surface area contributed by atoms with Crippen molar-refractivity contribution in [2.24, 2.45) is 0 Å². The topological polar surface area (TPSA) is 117 Å². The van der Waals surface area contributed by atoms with Crippen LogP contribution in [0.15, 0.2) is 48.9 Å². The van der Waals surface area contributed by atoms with Crippen LogP contribution in [0.2, 0.25) is 10.0 Å². The summed E-state index contributed by atoms with van der Waals surface area (Å²) in [6, 6.07) is 9.03. The third kappa shape index (κ3) is 5.22. The van der Waals surface area contributed by atoms with Crippen LogP contribution in [0.25, 0.3) is 0 Å². The van der Waals surface area contributed by atoms with Gasteiger partial charge in [-0.05, 0) is 56.5 Å². The van der Waals surface area contributed by atoms with E-state index in [-0.39, 0.29) is 17.2 Å². The van der Waals surface area contributed by atoms with Crippen molar-refractivity contribution in [3.63, 3.8) is 0 Å². The highest BCUT2D eigenvalue weighted by Crippen LogP contribution is 2.34. The lowest BCUT2D eigenvalue weighted by molar-refractivity contribution is -0.119. The molecule has 2 aliphatic rings. The number of carbonyl (C=O) groups is 1. The lowest BCUT2D eigenvalue weighted by Crippen LogP contribution is -2.51. The van der Waals surface area contributed by atoms with Crippen LogP contribution in [0, 0.1) is 5.41 Å². The van der Waals surface area contributed by atoms with Crippen molar-refractivity contribution in [1.29, 1.82) is 5.41 Å². The summed E-state index contributed by atoms with van der Waals surface area (Å²) in [6.07, 6.45) is 7.67. The van der Waals surface area contributed by atoms with Crippen LogP contribution in [0.4, 0.5) is 11.5 Å². The molecule has 2 saturated heterocycles. The maximum absolute atomic E-state index is 11.7. The van der Waals surface area contributed by atoms with Crippen molar-refractivity contribution < 1.29 is 9.53 Å². The number of carbonyl (C=O) groups excluding carboxylic acids is 1. The van der Waals surface area contributed by atoms with E-state index in [9.17, 15) is 4.79 Å². The smallest absolute Gasteiger partial charge is 0.220 e. The van der Waals surface area contributed by atoms with Gasteiger partial charge in [-0.25, -0.2) is 4.98 Å². The van der Waals surface area contributed by atoms with Gasteiger partial charge in [0.05, 0.1) is 15.8 Å². The van der Waals surface area contributed by atoms with Gasteiger partial charge in [-0.2, -0.15) is 0 Å². The van der Waals surface area contributed by atoms with Gasteiger partial charge in [-0.15, -0.1) is 0 Å². The summed E-state index contributed by atoms with van der Waals surface area (Å²) in [7, 11) is 0. The normalized spacial score (nSPS) is 17.5. The summed E-state index contributed by atoms with van der Waals surface area (Å²) in [4.78, 5) is 22.5. The van der Waals surface area contributed by atoms with Gasteiger partial charge in [0, 0.05) is 66.0 Å². The number of hydrogen-bond donors (Lipinski definition) is 3. The molecular formula is C27H28Cl2N6O2. The number of ether oxygens (including phenoxy) is 1. The first-order valence-corrected chi connectivity index (χ1v) is 13.0. The number of anilines is 2. The van der Waals surface area contributed by atoms with Crippen LogP contribution in [0.3, 0.4) is 0 Å². The molecular weight excluding hydrogens is 511 g/mol. The van der Waals surface area contributed by atoms with Gasteiger partial charge in [0.1, 0.15) is 17.7 Å². The van der Waals surface area contributed by atoms with Crippen molar-refractivity contribution in [3.05, 3.63) is 75.7 Å². The van der Waals surface area contributed by atoms with Crippen LogP contribution in [0.5, 0.6) is 5.75 Å². The predicted octanol–water partition coefficient (Wildman–Crippen LogP) is 5.17. The fraction of sp³-hybridized carbons (Fsp3) is 0.333. The summed E-state index contributed by atoms with van der Waals surface area (Å²) < 4.78 is 6.09. The first-order chi connectivity index (χ1) is 17.7.